The Morgan fingerprint density at radius 1 is 0.567 bits per heavy atom. The molecule has 0 N–H and O–H groups in total. The van der Waals surface area contributed by atoms with Crippen LogP contribution in [0.2, 0.25) is 0 Å². The van der Waals surface area contributed by atoms with Crippen LogP contribution in [0.4, 0.5) is 9.59 Å². The number of nitrogens with zero attached hydrogens (tertiary/aromatic N) is 4. The summed E-state index contributed by atoms with van der Waals surface area (Å²) in [4.78, 5) is 110. The van der Waals surface area contributed by atoms with Crippen molar-refractivity contribution < 1.29 is 47.8 Å². The van der Waals surface area contributed by atoms with Crippen molar-refractivity contribution in [3.05, 3.63) is 72.2 Å². The minimum absolute atomic E-state index is 0.0598. The van der Waals surface area contributed by atoms with E-state index >= 15 is 0 Å². The van der Waals surface area contributed by atoms with E-state index in [9.17, 15) is 38.4 Å². The van der Waals surface area contributed by atoms with Gasteiger partial charge in [0, 0.05) is 25.2 Å². The smallest absolute Gasteiger partial charge is 0.424 e. The maximum Gasteiger partial charge on any atom is 0.424 e. The first-order valence-electron chi connectivity index (χ1n) is 21.3. The minimum atomic E-state index is -1.03. The maximum absolute atomic E-state index is 14.1. The lowest BCUT2D eigenvalue weighted by molar-refractivity contribution is -0.155. The van der Waals surface area contributed by atoms with Crippen LogP contribution in [0.5, 0.6) is 0 Å². The molecule has 0 aromatic heterocycles. The molecule has 2 fully saturated rings. The molecule has 14 heteroatoms. The molecule has 4 heterocycles. The Kier molecular flexibility index (Phi) is 12.7. The fourth-order valence-electron chi connectivity index (χ4n) is 8.88. The van der Waals surface area contributed by atoms with Crippen molar-refractivity contribution in [2.75, 3.05) is 0 Å². The Bertz CT molecular complexity index is 1870. The molecular weight excluding hydrogens is 769 g/mol. The van der Waals surface area contributed by atoms with Crippen LogP contribution in [0.15, 0.2) is 72.2 Å². The van der Waals surface area contributed by atoms with Crippen LogP contribution in [0.1, 0.15) is 131 Å². The van der Waals surface area contributed by atoms with E-state index in [1.807, 2.05) is 48.6 Å². The van der Waals surface area contributed by atoms with E-state index in [0.717, 1.165) is 62.5 Å². The number of carbonyl (C=O) groups excluding carboxylic acids is 8. The van der Waals surface area contributed by atoms with Gasteiger partial charge in [-0.1, -0.05) is 100.0 Å². The highest BCUT2D eigenvalue weighted by Crippen LogP contribution is 2.47. The number of rotatable bonds is 13. The molecule has 2 aliphatic carbocycles. The van der Waals surface area contributed by atoms with Gasteiger partial charge in [0.2, 0.25) is 23.6 Å². The summed E-state index contributed by atoms with van der Waals surface area (Å²) >= 11 is 0. The number of imide groups is 6. The summed E-state index contributed by atoms with van der Waals surface area (Å²) in [7, 11) is 0. The number of fused-ring (bicyclic) bond motifs is 2. The summed E-state index contributed by atoms with van der Waals surface area (Å²) < 4.78 is 10.7. The summed E-state index contributed by atoms with van der Waals surface area (Å²) in [6.07, 6.45) is 25.0. The second-order valence-corrected chi connectivity index (χ2v) is 18.5. The number of ether oxygens (including phenoxy) is 2. The fourth-order valence-corrected chi connectivity index (χ4v) is 8.88. The molecule has 8 amide bonds. The van der Waals surface area contributed by atoms with Crippen LogP contribution in [-0.2, 0) is 38.2 Å². The Morgan fingerprint density at radius 3 is 1.27 bits per heavy atom. The van der Waals surface area contributed by atoms with Gasteiger partial charge in [-0.3, -0.25) is 28.8 Å². The zero-order chi connectivity index (χ0) is 43.6. The van der Waals surface area contributed by atoms with Crippen LogP contribution in [0, 0.1) is 10.8 Å². The summed E-state index contributed by atoms with van der Waals surface area (Å²) in [5.41, 5.74) is -2.04. The second kappa shape index (κ2) is 17.3. The Balaban J connectivity index is 0.952. The number of piperidine rings is 2. The first-order chi connectivity index (χ1) is 28.3. The number of unbranched alkanes of at least 4 members (excludes halogenated alkanes) is 7. The largest absolute Gasteiger partial charge is 0.443 e. The van der Waals surface area contributed by atoms with E-state index < -0.39 is 69.9 Å². The third-order valence-corrected chi connectivity index (χ3v) is 11.8. The van der Waals surface area contributed by atoms with Crippen molar-refractivity contribution in [2.45, 2.75) is 155 Å². The van der Waals surface area contributed by atoms with E-state index in [1.54, 1.807) is 53.9 Å². The van der Waals surface area contributed by atoms with E-state index in [1.165, 1.54) is 9.80 Å². The Hall–Kier alpha value is -5.40. The third kappa shape index (κ3) is 8.88. The van der Waals surface area contributed by atoms with Gasteiger partial charge < -0.3 is 19.3 Å². The van der Waals surface area contributed by atoms with Gasteiger partial charge in [0.05, 0.1) is 10.8 Å². The lowest BCUT2D eigenvalue weighted by Crippen LogP contribution is -2.57. The summed E-state index contributed by atoms with van der Waals surface area (Å²) in [5.74, 6) is -3.25. The molecule has 0 bridgehead atoms. The molecule has 4 atom stereocenters. The van der Waals surface area contributed by atoms with E-state index in [0.29, 0.717) is 22.6 Å². The van der Waals surface area contributed by atoms with Gasteiger partial charge >= 0.3 is 12.2 Å². The van der Waals surface area contributed by atoms with Crippen LogP contribution in [-0.4, -0.2) is 90.5 Å². The predicted octanol–water partition coefficient (Wildman–Crippen LogP) is 7.47. The maximum atomic E-state index is 14.1. The van der Waals surface area contributed by atoms with Gasteiger partial charge in [0.1, 0.15) is 23.3 Å². The highest BCUT2D eigenvalue weighted by atomic mass is 16.6. The number of likely N-dealkylation sites (tertiary alicyclic amines) is 2. The van der Waals surface area contributed by atoms with Crippen molar-refractivity contribution in [3.63, 3.8) is 0 Å². The molecule has 6 rings (SSSR count). The van der Waals surface area contributed by atoms with Crippen molar-refractivity contribution in [1.29, 1.82) is 0 Å². The first kappa shape index (κ1) is 44.2. The Labute approximate surface area is 352 Å². The molecule has 4 aliphatic heterocycles. The van der Waals surface area contributed by atoms with Crippen LogP contribution < -0.4 is 0 Å². The lowest BCUT2D eigenvalue weighted by atomic mass is 9.74. The number of hydrogen-bond acceptors (Lipinski definition) is 10. The SMILES string of the molecule is CC(C)(C)OC(=O)N1C(=O)CCC(N2C=C3C=CC=CC3(CCCCCCCCCCC34C=CC=CC3=CN(C3CCC(=O)N(C(=O)OC(C)(C)C)C3=O)C4=O)C2=O)C1=O. The van der Waals surface area contributed by atoms with Crippen molar-refractivity contribution in [3.8, 4) is 0 Å². The molecule has 0 aromatic rings. The van der Waals surface area contributed by atoms with Gasteiger partial charge in [-0.05, 0) is 78.4 Å². The molecule has 6 aliphatic rings. The summed E-state index contributed by atoms with van der Waals surface area (Å²) in [6.45, 7) is 9.91. The highest BCUT2D eigenvalue weighted by Gasteiger charge is 2.54. The molecule has 4 unspecified atom stereocenters. The normalized spacial score (nSPS) is 26.5. The minimum Gasteiger partial charge on any atom is -0.443 e. The summed E-state index contributed by atoms with van der Waals surface area (Å²) in [5, 5.41) is 0. The molecule has 0 spiro atoms. The molecule has 14 nitrogen and oxygen atoms in total. The first-order valence-corrected chi connectivity index (χ1v) is 21.3. The molecular formula is C46H58N4O10. The van der Waals surface area contributed by atoms with Gasteiger partial charge in [0.15, 0.2) is 0 Å². The molecule has 0 aromatic carbocycles. The zero-order valence-corrected chi connectivity index (χ0v) is 35.7. The lowest BCUT2D eigenvalue weighted by Gasteiger charge is -2.36. The van der Waals surface area contributed by atoms with Crippen molar-refractivity contribution >= 4 is 47.6 Å². The number of hydrogen-bond donors (Lipinski definition) is 0. The van der Waals surface area contributed by atoms with Crippen LogP contribution in [0.25, 0.3) is 0 Å². The average Bonchev–Trinajstić information content (AvgIpc) is 3.61. The van der Waals surface area contributed by atoms with E-state index in [-0.39, 0.29) is 37.5 Å². The quantitative estimate of drug-likeness (QED) is 0.134. The molecule has 322 valence electrons. The monoisotopic (exact) mass is 826 g/mol. The highest BCUT2D eigenvalue weighted by molar-refractivity contribution is 6.14. The molecule has 60 heavy (non-hydrogen) atoms. The zero-order valence-electron chi connectivity index (χ0n) is 35.7. The van der Waals surface area contributed by atoms with Crippen LogP contribution in [0.3, 0.4) is 0 Å². The van der Waals surface area contributed by atoms with E-state index in [4.69, 9.17) is 9.47 Å². The number of carbonyl (C=O) groups is 8. The van der Waals surface area contributed by atoms with Crippen molar-refractivity contribution in [2.24, 2.45) is 10.8 Å². The second-order valence-electron chi connectivity index (χ2n) is 18.5. The van der Waals surface area contributed by atoms with Gasteiger partial charge in [-0.15, -0.1) is 0 Å². The number of amides is 8. The fraction of sp³-hybridized carbons (Fsp3) is 0.565. The van der Waals surface area contributed by atoms with E-state index in [2.05, 4.69) is 0 Å². The topological polar surface area (TPSA) is 168 Å². The standard InChI is InChI=1S/C46H58N4O10/c1-43(2,3)59-41(57)49-35(51)23-21-33(37(49)53)47-29-31-19-13-17-27-45(31,39(47)55)25-15-11-9-7-8-10-12-16-26-46-28-18-14-20-32(46)30-48(40(46)56)34-22-24-36(52)50(38(34)54)42(58)60-44(4,5)6/h13-14,17-20,27-30,33-34H,7-12,15-16,21-26H2,1-6H3. The van der Waals surface area contributed by atoms with Gasteiger partial charge in [-0.25, -0.2) is 9.59 Å². The molecule has 0 saturated carbocycles. The molecule has 0 radical (unpaired) electrons. The number of allylic oxidation sites excluding steroid dienone is 6. The van der Waals surface area contributed by atoms with Gasteiger partial charge in [-0.2, -0.15) is 9.80 Å². The van der Waals surface area contributed by atoms with Gasteiger partial charge in [0.25, 0.3) is 11.8 Å². The molecule has 2 saturated heterocycles. The average molecular weight is 827 g/mol. The van der Waals surface area contributed by atoms with Crippen molar-refractivity contribution in [1.82, 2.24) is 19.6 Å². The predicted molar refractivity (Wildman–Crippen MR) is 220 cm³/mol. The summed E-state index contributed by atoms with van der Waals surface area (Å²) in [6, 6.07) is -1.97. The Morgan fingerprint density at radius 2 is 0.917 bits per heavy atom. The van der Waals surface area contributed by atoms with Crippen LogP contribution >= 0.6 is 0 Å². The third-order valence-electron chi connectivity index (χ3n) is 11.8.